The molecule has 1 fully saturated rings. The summed E-state index contributed by atoms with van der Waals surface area (Å²) in [5.41, 5.74) is 2.82. The Hall–Kier alpha value is -4.22. The zero-order valence-corrected chi connectivity index (χ0v) is 26.2. The molecule has 1 saturated heterocycles. The van der Waals surface area contributed by atoms with Gasteiger partial charge in [-0.15, -0.1) is 10.2 Å². The first-order valence-corrected chi connectivity index (χ1v) is 16.0. The molecule has 44 heavy (non-hydrogen) atoms. The van der Waals surface area contributed by atoms with Gasteiger partial charge in [0.2, 0.25) is 5.13 Å². The number of carbonyl (C=O) groups is 2. The van der Waals surface area contributed by atoms with E-state index in [1.54, 1.807) is 18.2 Å². The Bertz CT molecular complexity index is 1670. The van der Waals surface area contributed by atoms with Gasteiger partial charge < -0.3 is 14.6 Å². The van der Waals surface area contributed by atoms with Gasteiger partial charge in [-0.1, -0.05) is 78.8 Å². The molecule has 0 radical (unpaired) electrons. The third-order valence-electron chi connectivity index (χ3n) is 7.16. The summed E-state index contributed by atoms with van der Waals surface area (Å²) in [5, 5.41) is 20.1. The maximum Gasteiger partial charge on any atom is 0.301 e. The predicted molar refractivity (Wildman–Crippen MR) is 170 cm³/mol. The van der Waals surface area contributed by atoms with E-state index in [4.69, 9.17) is 9.47 Å². The number of thioether (sulfide) groups is 1. The molecule has 1 N–H and O–H groups in total. The number of carbonyl (C=O) groups excluding carboxylic acids is 2. The van der Waals surface area contributed by atoms with Crippen molar-refractivity contribution in [3.05, 3.63) is 100 Å². The summed E-state index contributed by atoms with van der Waals surface area (Å²) in [6.07, 6.45) is 2.98. The molecule has 1 aromatic heterocycles. The summed E-state index contributed by atoms with van der Waals surface area (Å²) >= 11 is 2.65. The van der Waals surface area contributed by atoms with Crippen LogP contribution in [0.3, 0.4) is 0 Å². The quantitative estimate of drug-likeness (QED) is 0.0428. The Labute approximate surface area is 263 Å². The number of rotatable bonds is 12. The molecule has 5 rings (SSSR count). The van der Waals surface area contributed by atoms with E-state index in [0.717, 1.165) is 24.8 Å². The van der Waals surface area contributed by atoms with Crippen molar-refractivity contribution in [1.82, 2.24) is 10.2 Å². The highest BCUT2D eigenvalue weighted by Crippen LogP contribution is 2.45. The highest BCUT2D eigenvalue weighted by atomic mass is 32.2. The highest BCUT2D eigenvalue weighted by molar-refractivity contribution is 8.00. The average Bonchev–Trinajstić information content (AvgIpc) is 3.60. The van der Waals surface area contributed by atoms with Crippen LogP contribution in [0.15, 0.2) is 76.6 Å². The van der Waals surface area contributed by atoms with Gasteiger partial charge in [0.05, 0.1) is 25.3 Å². The molecule has 1 amide bonds. The van der Waals surface area contributed by atoms with Gasteiger partial charge in [-0.3, -0.25) is 14.5 Å². The zero-order valence-electron chi connectivity index (χ0n) is 24.6. The number of anilines is 1. The van der Waals surface area contributed by atoms with Crippen LogP contribution >= 0.6 is 23.1 Å². The number of benzene rings is 3. The predicted octanol–water partition coefficient (Wildman–Crippen LogP) is 7.48. The fourth-order valence-corrected chi connectivity index (χ4v) is 6.63. The lowest BCUT2D eigenvalue weighted by atomic mass is 9.95. The number of unbranched alkanes of at least 4 members (excludes halogenated alkanes) is 2. The molecule has 0 bridgehead atoms. The Kier molecular flexibility index (Phi) is 9.96. The second-order valence-electron chi connectivity index (χ2n) is 10.3. The summed E-state index contributed by atoms with van der Waals surface area (Å²) in [4.78, 5) is 28.4. The second kappa shape index (κ2) is 14.0. The van der Waals surface area contributed by atoms with Gasteiger partial charge in [0.15, 0.2) is 15.8 Å². The number of ether oxygens (including phenoxy) is 2. The largest absolute Gasteiger partial charge is 0.507 e. The number of ketones is 1. The highest BCUT2D eigenvalue weighted by Gasteiger charge is 2.48. The van der Waals surface area contributed by atoms with Crippen molar-refractivity contribution >= 4 is 45.7 Å². The summed E-state index contributed by atoms with van der Waals surface area (Å²) in [6, 6.07) is 17.3. The standard InChI is InChI=1S/C33H32FN3O5S2/c1-4-5-6-17-42-25-16-13-23(18-26(25)41-3)28-27(29(38)22-11-14-24(34)15-12-22)30(39)31(40)37(28)32-35-36-33(44-32)43-19-21-9-7-20(2)8-10-21/h7-16,18,28,38H,4-6,17,19H2,1-3H3/b29-27-. The SMILES string of the molecule is CCCCCOc1ccc(C2/C(=C(/O)c3ccc(F)cc3)C(=O)C(=O)N2c2nnc(SCc3ccc(C)cc3)s2)cc1OC. The van der Waals surface area contributed by atoms with Crippen molar-refractivity contribution in [3.8, 4) is 11.5 Å². The zero-order chi connectivity index (χ0) is 31.2. The van der Waals surface area contributed by atoms with Gasteiger partial charge >= 0.3 is 5.91 Å². The minimum atomic E-state index is -1.05. The van der Waals surface area contributed by atoms with Crippen LogP contribution in [0.5, 0.6) is 11.5 Å². The number of Topliss-reactive ketones (excluding diaryl/α,β-unsaturated/α-hetero) is 1. The lowest BCUT2D eigenvalue weighted by molar-refractivity contribution is -0.132. The molecule has 4 aromatic rings. The Morgan fingerprint density at radius 3 is 2.48 bits per heavy atom. The summed E-state index contributed by atoms with van der Waals surface area (Å²) in [5.74, 6) is -1.08. The van der Waals surface area contributed by atoms with Crippen LogP contribution in [0.1, 0.15) is 54.5 Å². The van der Waals surface area contributed by atoms with Crippen LogP contribution in [-0.2, 0) is 15.3 Å². The number of aromatic nitrogens is 2. The van der Waals surface area contributed by atoms with Crippen LogP contribution in [0, 0.1) is 12.7 Å². The molecule has 1 atom stereocenters. The van der Waals surface area contributed by atoms with Gasteiger partial charge in [-0.25, -0.2) is 4.39 Å². The maximum atomic E-state index is 13.7. The molecular formula is C33H32FN3O5S2. The third kappa shape index (κ3) is 6.79. The number of aliphatic hydroxyl groups is 1. The van der Waals surface area contributed by atoms with Crippen molar-refractivity contribution < 1.29 is 28.6 Å². The molecule has 0 aliphatic carbocycles. The maximum absolute atomic E-state index is 13.7. The van der Waals surface area contributed by atoms with Crippen molar-refractivity contribution in [2.75, 3.05) is 18.6 Å². The number of hydrogen-bond acceptors (Lipinski definition) is 9. The first-order chi connectivity index (χ1) is 21.3. The molecule has 0 saturated carbocycles. The smallest absolute Gasteiger partial charge is 0.301 e. The molecule has 11 heteroatoms. The second-order valence-corrected chi connectivity index (χ2v) is 12.4. The van der Waals surface area contributed by atoms with Crippen LogP contribution in [0.4, 0.5) is 9.52 Å². The summed E-state index contributed by atoms with van der Waals surface area (Å²) in [6.45, 7) is 4.65. The number of aliphatic hydroxyl groups excluding tert-OH is 1. The van der Waals surface area contributed by atoms with E-state index in [-0.39, 0.29) is 16.3 Å². The third-order valence-corrected chi connectivity index (χ3v) is 9.28. The van der Waals surface area contributed by atoms with Gasteiger partial charge in [0, 0.05) is 11.3 Å². The number of hydrogen-bond donors (Lipinski definition) is 1. The molecule has 8 nitrogen and oxygen atoms in total. The van der Waals surface area contributed by atoms with Crippen LogP contribution in [0.2, 0.25) is 0 Å². The normalized spacial score (nSPS) is 16.0. The number of amides is 1. The monoisotopic (exact) mass is 633 g/mol. The molecule has 2 heterocycles. The molecule has 3 aromatic carbocycles. The Morgan fingerprint density at radius 2 is 1.77 bits per heavy atom. The van der Waals surface area contributed by atoms with Gasteiger partial charge in [0.1, 0.15) is 11.6 Å². The molecular weight excluding hydrogens is 602 g/mol. The molecule has 228 valence electrons. The van der Waals surface area contributed by atoms with Gasteiger partial charge in [0.25, 0.3) is 5.78 Å². The number of nitrogens with zero attached hydrogens (tertiary/aromatic N) is 3. The van der Waals surface area contributed by atoms with E-state index in [0.29, 0.717) is 33.8 Å². The van der Waals surface area contributed by atoms with E-state index in [1.165, 1.54) is 64.9 Å². The number of methoxy groups -OCH3 is 1. The number of aryl methyl sites for hydroxylation is 1. The van der Waals surface area contributed by atoms with E-state index in [9.17, 15) is 19.1 Å². The first kappa shape index (κ1) is 31.2. The fourth-order valence-electron chi connectivity index (χ4n) is 4.80. The first-order valence-electron chi connectivity index (χ1n) is 14.2. The minimum Gasteiger partial charge on any atom is -0.507 e. The number of halogens is 1. The van der Waals surface area contributed by atoms with E-state index in [1.807, 2.05) is 31.2 Å². The molecule has 1 aliphatic rings. The molecule has 1 unspecified atom stereocenters. The van der Waals surface area contributed by atoms with Crippen molar-refractivity contribution in [1.29, 1.82) is 0 Å². The molecule has 0 spiro atoms. The lowest BCUT2D eigenvalue weighted by Crippen LogP contribution is -2.29. The van der Waals surface area contributed by atoms with Crippen LogP contribution in [0.25, 0.3) is 5.76 Å². The van der Waals surface area contributed by atoms with Gasteiger partial charge in [-0.2, -0.15) is 0 Å². The average molecular weight is 634 g/mol. The van der Waals surface area contributed by atoms with E-state index in [2.05, 4.69) is 17.1 Å². The molecule has 1 aliphatic heterocycles. The summed E-state index contributed by atoms with van der Waals surface area (Å²) < 4.78 is 25.8. The van der Waals surface area contributed by atoms with E-state index < -0.39 is 29.3 Å². The topological polar surface area (TPSA) is 102 Å². The van der Waals surface area contributed by atoms with Crippen molar-refractivity contribution in [2.45, 2.75) is 49.2 Å². The van der Waals surface area contributed by atoms with Crippen molar-refractivity contribution in [2.24, 2.45) is 0 Å². The van der Waals surface area contributed by atoms with Crippen molar-refractivity contribution in [3.63, 3.8) is 0 Å². The van der Waals surface area contributed by atoms with Crippen LogP contribution < -0.4 is 14.4 Å². The Morgan fingerprint density at radius 1 is 1.02 bits per heavy atom. The Balaban J connectivity index is 1.53. The summed E-state index contributed by atoms with van der Waals surface area (Å²) in [7, 11) is 1.51. The fraction of sp³-hybridized carbons (Fsp3) is 0.273. The van der Waals surface area contributed by atoms with Crippen LogP contribution in [-0.4, -0.2) is 40.7 Å². The van der Waals surface area contributed by atoms with Gasteiger partial charge in [-0.05, 0) is 60.9 Å². The van der Waals surface area contributed by atoms with E-state index >= 15 is 0 Å². The minimum absolute atomic E-state index is 0.149. The lowest BCUT2D eigenvalue weighted by Gasteiger charge is -2.23.